The van der Waals surface area contributed by atoms with Crippen LogP contribution in [0.25, 0.3) is 0 Å². The molecule has 0 amide bonds. The summed E-state index contributed by atoms with van der Waals surface area (Å²) < 4.78 is 38.9. The Hall–Kier alpha value is -0.290. The van der Waals surface area contributed by atoms with E-state index in [-0.39, 0.29) is 6.04 Å². The molecule has 3 fully saturated rings. The molecule has 1 N–H and O–H groups in total. The van der Waals surface area contributed by atoms with Gasteiger partial charge >= 0.3 is 6.18 Å². The quantitative estimate of drug-likeness (QED) is 0.854. The van der Waals surface area contributed by atoms with E-state index in [9.17, 15) is 13.2 Å². The van der Waals surface area contributed by atoms with E-state index in [0.717, 1.165) is 25.9 Å². The Labute approximate surface area is 119 Å². The molecule has 0 aromatic heterocycles. The second kappa shape index (κ2) is 5.84. The van der Waals surface area contributed by atoms with Gasteiger partial charge in [0.25, 0.3) is 0 Å². The third-order valence-corrected chi connectivity index (χ3v) is 5.19. The average Bonchev–Trinajstić information content (AvgIpc) is 3.12. The van der Waals surface area contributed by atoms with Crippen molar-refractivity contribution in [2.45, 2.75) is 75.7 Å². The number of nitrogens with one attached hydrogen (secondary N) is 1. The zero-order chi connectivity index (χ0) is 14.2. The van der Waals surface area contributed by atoms with Crippen molar-refractivity contribution in [2.75, 3.05) is 13.1 Å². The van der Waals surface area contributed by atoms with E-state index in [1.807, 2.05) is 0 Å². The van der Waals surface area contributed by atoms with Crippen molar-refractivity contribution < 1.29 is 13.2 Å². The van der Waals surface area contributed by atoms with E-state index in [4.69, 9.17) is 0 Å². The first kappa shape index (κ1) is 14.6. The molecule has 3 atom stereocenters. The fourth-order valence-electron chi connectivity index (χ4n) is 3.93. The van der Waals surface area contributed by atoms with Gasteiger partial charge in [0.1, 0.15) is 0 Å². The van der Waals surface area contributed by atoms with Crippen molar-refractivity contribution in [1.82, 2.24) is 10.2 Å². The highest BCUT2D eigenvalue weighted by Crippen LogP contribution is 2.41. The summed E-state index contributed by atoms with van der Waals surface area (Å²) in [5.41, 5.74) is 0. The summed E-state index contributed by atoms with van der Waals surface area (Å²) in [6.45, 7) is 2.03. The minimum absolute atomic E-state index is 0.158. The Kier molecular flexibility index (Phi) is 4.27. The van der Waals surface area contributed by atoms with E-state index >= 15 is 0 Å². The number of alkyl halides is 3. The predicted molar refractivity (Wildman–Crippen MR) is 72.6 cm³/mol. The molecule has 1 saturated heterocycles. The van der Waals surface area contributed by atoms with E-state index in [1.54, 1.807) is 0 Å². The monoisotopic (exact) mass is 290 g/mol. The number of halogens is 3. The van der Waals surface area contributed by atoms with E-state index in [0.29, 0.717) is 24.9 Å². The molecule has 2 aliphatic carbocycles. The van der Waals surface area contributed by atoms with Crippen LogP contribution < -0.4 is 5.32 Å². The Balaban J connectivity index is 1.61. The van der Waals surface area contributed by atoms with Crippen LogP contribution in [0.2, 0.25) is 0 Å². The number of hydrogen-bond acceptors (Lipinski definition) is 2. The summed E-state index contributed by atoms with van der Waals surface area (Å²) >= 11 is 0. The third kappa shape index (κ3) is 3.48. The van der Waals surface area contributed by atoms with Gasteiger partial charge in [0, 0.05) is 24.7 Å². The number of hydrogen-bond donors (Lipinski definition) is 1. The number of rotatable bonds is 4. The van der Waals surface area contributed by atoms with Gasteiger partial charge in [-0.05, 0) is 51.5 Å². The summed E-state index contributed by atoms with van der Waals surface area (Å²) in [7, 11) is 0. The van der Waals surface area contributed by atoms with Crippen LogP contribution in [0.3, 0.4) is 0 Å². The number of nitrogens with zero attached hydrogens (tertiary/aromatic N) is 1. The Morgan fingerprint density at radius 1 is 0.950 bits per heavy atom. The second-order valence-electron chi connectivity index (χ2n) is 6.78. The fourth-order valence-corrected chi connectivity index (χ4v) is 3.93. The van der Waals surface area contributed by atoms with Crippen LogP contribution in [0.4, 0.5) is 13.2 Å². The molecular formula is C15H25F3N2. The van der Waals surface area contributed by atoms with Crippen molar-refractivity contribution in [3.8, 4) is 0 Å². The maximum atomic E-state index is 13.0. The minimum atomic E-state index is -4.00. The third-order valence-electron chi connectivity index (χ3n) is 5.19. The largest absolute Gasteiger partial charge is 0.391 e. The molecule has 3 unspecified atom stereocenters. The van der Waals surface area contributed by atoms with Gasteiger partial charge in [-0.15, -0.1) is 0 Å². The minimum Gasteiger partial charge on any atom is -0.313 e. The molecule has 2 nitrogen and oxygen atoms in total. The van der Waals surface area contributed by atoms with Crippen molar-refractivity contribution >= 4 is 0 Å². The lowest BCUT2D eigenvalue weighted by Crippen LogP contribution is -2.47. The van der Waals surface area contributed by atoms with Gasteiger partial charge in [-0.25, -0.2) is 0 Å². The Bertz CT molecular complexity index is 322. The standard InChI is InChI=1S/C15H25F3N2/c16-15(17,18)11-3-1-5-14(9-11)20(13-6-7-13)10-12-4-2-8-19-12/h11-14,19H,1-10H2. The summed E-state index contributed by atoms with van der Waals surface area (Å²) in [5.74, 6) is -1.07. The molecule has 5 heteroatoms. The maximum Gasteiger partial charge on any atom is 0.391 e. The van der Waals surface area contributed by atoms with Gasteiger partial charge in [0.2, 0.25) is 0 Å². The van der Waals surface area contributed by atoms with Crippen LogP contribution in [0.15, 0.2) is 0 Å². The lowest BCUT2D eigenvalue weighted by Gasteiger charge is -2.39. The van der Waals surface area contributed by atoms with E-state index < -0.39 is 12.1 Å². The molecule has 0 aromatic carbocycles. The van der Waals surface area contributed by atoms with Gasteiger partial charge in [-0.2, -0.15) is 13.2 Å². The molecule has 1 aliphatic heterocycles. The first-order valence-electron chi connectivity index (χ1n) is 8.10. The Morgan fingerprint density at radius 3 is 2.35 bits per heavy atom. The van der Waals surface area contributed by atoms with Crippen LogP contribution in [0.1, 0.15) is 51.4 Å². The van der Waals surface area contributed by atoms with Gasteiger partial charge in [-0.3, -0.25) is 4.90 Å². The highest BCUT2D eigenvalue weighted by atomic mass is 19.4. The van der Waals surface area contributed by atoms with Crippen LogP contribution in [0, 0.1) is 5.92 Å². The van der Waals surface area contributed by atoms with Gasteiger partial charge in [0.05, 0.1) is 5.92 Å². The van der Waals surface area contributed by atoms with Crippen LogP contribution in [-0.2, 0) is 0 Å². The Morgan fingerprint density at radius 2 is 1.75 bits per heavy atom. The first-order valence-corrected chi connectivity index (χ1v) is 8.10. The van der Waals surface area contributed by atoms with Crippen LogP contribution in [-0.4, -0.2) is 42.3 Å². The summed E-state index contributed by atoms with van der Waals surface area (Å²) in [4.78, 5) is 2.42. The molecule has 0 bridgehead atoms. The molecule has 1 heterocycles. The smallest absolute Gasteiger partial charge is 0.313 e. The van der Waals surface area contributed by atoms with Crippen LogP contribution in [0.5, 0.6) is 0 Å². The summed E-state index contributed by atoms with van der Waals surface area (Å²) in [6, 6.07) is 1.22. The average molecular weight is 290 g/mol. The molecule has 0 aromatic rings. The molecule has 0 radical (unpaired) electrons. The summed E-state index contributed by atoms with van der Waals surface area (Å²) in [6.07, 6.45) is 3.09. The maximum absolute atomic E-state index is 13.0. The normalized spacial score (nSPS) is 35.7. The SMILES string of the molecule is FC(F)(F)C1CCCC(N(CC2CCCN2)C2CC2)C1. The zero-order valence-corrected chi connectivity index (χ0v) is 12.0. The van der Waals surface area contributed by atoms with Gasteiger partial charge in [-0.1, -0.05) is 6.42 Å². The fraction of sp³-hybridized carbons (Fsp3) is 1.00. The lowest BCUT2D eigenvalue weighted by atomic mass is 9.84. The molecule has 20 heavy (non-hydrogen) atoms. The van der Waals surface area contributed by atoms with Crippen LogP contribution >= 0.6 is 0 Å². The van der Waals surface area contributed by atoms with Crippen molar-refractivity contribution in [1.29, 1.82) is 0 Å². The highest BCUT2D eigenvalue weighted by Gasteiger charge is 2.45. The van der Waals surface area contributed by atoms with Gasteiger partial charge < -0.3 is 5.32 Å². The van der Waals surface area contributed by atoms with E-state index in [1.165, 1.54) is 25.7 Å². The first-order chi connectivity index (χ1) is 9.54. The summed E-state index contributed by atoms with van der Waals surface area (Å²) in [5, 5.41) is 3.49. The molecule has 3 aliphatic rings. The highest BCUT2D eigenvalue weighted by molar-refractivity contribution is 4.94. The molecule has 0 spiro atoms. The van der Waals surface area contributed by atoms with E-state index in [2.05, 4.69) is 10.2 Å². The van der Waals surface area contributed by atoms with Crippen molar-refractivity contribution in [3.63, 3.8) is 0 Å². The molecule has 2 saturated carbocycles. The zero-order valence-electron chi connectivity index (χ0n) is 12.0. The van der Waals surface area contributed by atoms with Gasteiger partial charge in [0.15, 0.2) is 0 Å². The topological polar surface area (TPSA) is 15.3 Å². The predicted octanol–water partition coefficient (Wildman–Crippen LogP) is 3.32. The van der Waals surface area contributed by atoms with Crippen molar-refractivity contribution in [2.24, 2.45) is 5.92 Å². The molecule has 116 valence electrons. The molecular weight excluding hydrogens is 265 g/mol. The molecule has 3 rings (SSSR count). The lowest BCUT2D eigenvalue weighted by molar-refractivity contribution is -0.187. The van der Waals surface area contributed by atoms with Crippen molar-refractivity contribution in [3.05, 3.63) is 0 Å². The second-order valence-corrected chi connectivity index (χ2v) is 6.78.